The zero-order valence-corrected chi connectivity index (χ0v) is 21.0. The van der Waals surface area contributed by atoms with Crippen LogP contribution in [0.2, 0.25) is 0 Å². The van der Waals surface area contributed by atoms with Crippen LogP contribution in [0.3, 0.4) is 0 Å². The molecule has 2 fully saturated rings. The molecule has 0 radical (unpaired) electrons. The van der Waals surface area contributed by atoms with Crippen molar-refractivity contribution in [3.05, 3.63) is 32.5 Å². The summed E-state index contributed by atoms with van der Waals surface area (Å²) >= 11 is 0. The lowest BCUT2D eigenvalue weighted by Crippen LogP contribution is -2.50. The van der Waals surface area contributed by atoms with Crippen LogP contribution in [0.1, 0.15) is 39.5 Å². The Balaban J connectivity index is 1.59. The fourth-order valence-corrected chi connectivity index (χ4v) is 4.98. The van der Waals surface area contributed by atoms with E-state index in [2.05, 4.69) is 16.3 Å². The highest BCUT2D eigenvalue weighted by Gasteiger charge is 2.30. The fraction of sp³-hybridized carbons (Fsp3) is 0.625. The van der Waals surface area contributed by atoms with E-state index in [0.717, 1.165) is 42.4 Å². The zero-order valence-electron chi connectivity index (χ0n) is 21.0. The normalized spacial score (nSPS) is 20.3. The van der Waals surface area contributed by atoms with E-state index in [0.29, 0.717) is 36.7 Å². The number of carbonyl (C=O) groups excluding carboxylic acids is 1. The van der Waals surface area contributed by atoms with Crippen LogP contribution in [0.15, 0.2) is 21.2 Å². The standard InChI is InChI=1S/C24H34N8O3/c1-16(2)9-12-32-20-21(28(3)24(35)29(4)22(20)34)27-23(32)30-10-5-7-17(15-30)26-14-19(33)31-11-6-8-18(31)13-25/h9,17-18,26H,5-8,10-12,14-15H2,1-4H3. The number of amides is 1. The van der Waals surface area contributed by atoms with E-state index in [4.69, 9.17) is 4.98 Å². The Kier molecular flexibility index (Phi) is 7.12. The molecule has 4 rings (SSSR count). The first kappa shape index (κ1) is 24.7. The Morgan fingerprint density at radius 3 is 2.63 bits per heavy atom. The molecule has 11 nitrogen and oxygen atoms in total. The third kappa shape index (κ3) is 4.75. The number of likely N-dealkylation sites (tertiary alicyclic amines) is 1. The molecule has 0 saturated carbocycles. The number of aryl methyl sites for hydroxylation is 1. The number of nitrogens with one attached hydrogen (secondary N) is 1. The first-order valence-corrected chi connectivity index (χ1v) is 12.2. The van der Waals surface area contributed by atoms with Gasteiger partial charge in [-0.1, -0.05) is 11.6 Å². The van der Waals surface area contributed by atoms with E-state index >= 15 is 0 Å². The average Bonchev–Trinajstić information content (AvgIpc) is 3.48. The van der Waals surface area contributed by atoms with Crippen LogP contribution in [-0.2, 0) is 25.4 Å². The Bertz CT molecular complexity index is 1310. The van der Waals surface area contributed by atoms with Crippen molar-refractivity contribution in [2.45, 2.75) is 58.2 Å². The highest BCUT2D eigenvalue weighted by molar-refractivity contribution is 5.79. The van der Waals surface area contributed by atoms with Gasteiger partial charge in [0.2, 0.25) is 11.9 Å². The van der Waals surface area contributed by atoms with Crippen molar-refractivity contribution < 1.29 is 4.79 Å². The molecule has 0 bridgehead atoms. The summed E-state index contributed by atoms with van der Waals surface area (Å²) in [5, 5.41) is 12.6. The summed E-state index contributed by atoms with van der Waals surface area (Å²) < 4.78 is 4.42. The molecule has 188 valence electrons. The van der Waals surface area contributed by atoms with Gasteiger partial charge in [-0.15, -0.1) is 0 Å². The largest absolute Gasteiger partial charge is 0.341 e. The molecule has 0 spiro atoms. The number of nitrogens with zero attached hydrogens (tertiary/aromatic N) is 7. The molecule has 35 heavy (non-hydrogen) atoms. The number of anilines is 1. The average molecular weight is 483 g/mol. The molecule has 0 aromatic carbocycles. The molecule has 2 aliphatic rings. The number of imidazole rings is 1. The van der Waals surface area contributed by atoms with Crippen molar-refractivity contribution in [1.82, 2.24) is 28.9 Å². The molecule has 2 aliphatic heterocycles. The number of fused-ring (bicyclic) bond motifs is 1. The van der Waals surface area contributed by atoms with E-state index in [1.165, 1.54) is 11.6 Å². The van der Waals surface area contributed by atoms with Gasteiger partial charge in [-0.3, -0.25) is 18.7 Å². The molecular formula is C24H34N8O3. The van der Waals surface area contributed by atoms with Crippen molar-refractivity contribution >= 4 is 23.0 Å². The van der Waals surface area contributed by atoms with Crippen LogP contribution in [0, 0.1) is 11.3 Å². The van der Waals surface area contributed by atoms with Crippen molar-refractivity contribution in [3.63, 3.8) is 0 Å². The van der Waals surface area contributed by atoms with Crippen LogP contribution in [0.25, 0.3) is 11.2 Å². The number of piperidine rings is 1. The van der Waals surface area contributed by atoms with Gasteiger partial charge < -0.3 is 19.7 Å². The molecule has 4 heterocycles. The monoisotopic (exact) mass is 482 g/mol. The van der Waals surface area contributed by atoms with Gasteiger partial charge in [0.05, 0.1) is 12.6 Å². The SMILES string of the molecule is CC(C)=CCn1c(N2CCCC(NCC(=O)N3CCCC3C#N)C2)nc2c1c(=O)n(C)c(=O)n2C. The summed E-state index contributed by atoms with van der Waals surface area (Å²) in [5.74, 6) is 0.609. The van der Waals surface area contributed by atoms with Gasteiger partial charge in [0.25, 0.3) is 5.56 Å². The number of allylic oxidation sites excluding steroid dienone is 2. The van der Waals surface area contributed by atoms with Gasteiger partial charge in [0.15, 0.2) is 11.2 Å². The molecule has 0 aliphatic carbocycles. The van der Waals surface area contributed by atoms with E-state index in [1.54, 1.807) is 11.9 Å². The van der Waals surface area contributed by atoms with Gasteiger partial charge >= 0.3 is 5.69 Å². The summed E-state index contributed by atoms with van der Waals surface area (Å²) in [5.41, 5.74) is 1.13. The van der Waals surface area contributed by atoms with Gasteiger partial charge in [-0.2, -0.15) is 10.2 Å². The number of carbonyl (C=O) groups is 1. The second-order valence-corrected chi connectivity index (χ2v) is 9.72. The van der Waals surface area contributed by atoms with Gasteiger partial charge in [-0.05, 0) is 39.5 Å². The van der Waals surface area contributed by atoms with Crippen molar-refractivity contribution in [1.29, 1.82) is 5.26 Å². The van der Waals surface area contributed by atoms with Crippen molar-refractivity contribution in [2.75, 3.05) is 31.1 Å². The summed E-state index contributed by atoms with van der Waals surface area (Å²) in [6, 6.07) is 1.96. The first-order chi connectivity index (χ1) is 16.7. The second kappa shape index (κ2) is 10.1. The Hall–Kier alpha value is -3.39. The molecule has 2 aromatic rings. The predicted molar refractivity (Wildman–Crippen MR) is 133 cm³/mol. The highest BCUT2D eigenvalue weighted by Crippen LogP contribution is 2.24. The highest BCUT2D eigenvalue weighted by atomic mass is 16.2. The number of hydrogen-bond donors (Lipinski definition) is 1. The zero-order chi connectivity index (χ0) is 25.3. The van der Waals surface area contributed by atoms with E-state index in [1.807, 2.05) is 24.5 Å². The Morgan fingerprint density at radius 2 is 1.91 bits per heavy atom. The molecule has 1 amide bonds. The maximum absolute atomic E-state index is 13.1. The Morgan fingerprint density at radius 1 is 1.17 bits per heavy atom. The molecular weight excluding hydrogens is 448 g/mol. The maximum atomic E-state index is 13.1. The minimum absolute atomic E-state index is 0.0412. The van der Waals surface area contributed by atoms with Crippen LogP contribution >= 0.6 is 0 Å². The summed E-state index contributed by atoms with van der Waals surface area (Å²) in [6.07, 6.45) is 5.46. The van der Waals surface area contributed by atoms with Crippen LogP contribution in [0.4, 0.5) is 5.95 Å². The number of rotatable bonds is 6. The molecule has 11 heteroatoms. The fourth-order valence-electron chi connectivity index (χ4n) is 4.98. The predicted octanol–water partition coefficient (Wildman–Crippen LogP) is 0.473. The number of aromatic nitrogens is 4. The molecule has 1 N–H and O–H groups in total. The smallest absolute Gasteiger partial charge is 0.332 e. The summed E-state index contributed by atoms with van der Waals surface area (Å²) in [4.78, 5) is 46.8. The summed E-state index contributed by atoms with van der Waals surface area (Å²) in [6.45, 7) is 6.70. The quantitative estimate of drug-likeness (QED) is 0.594. The van der Waals surface area contributed by atoms with E-state index < -0.39 is 5.69 Å². The van der Waals surface area contributed by atoms with Crippen LogP contribution < -0.4 is 21.5 Å². The first-order valence-electron chi connectivity index (χ1n) is 12.2. The Labute approximate surface area is 204 Å². The van der Waals surface area contributed by atoms with Gasteiger partial charge in [0, 0.05) is 46.3 Å². The van der Waals surface area contributed by atoms with Crippen molar-refractivity contribution in [2.24, 2.45) is 14.1 Å². The summed E-state index contributed by atoms with van der Waals surface area (Å²) in [7, 11) is 3.11. The lowest BCUT2D eigenvalue weighted by atomic mass is 10.1. The topological polar surface area (TPSA) is 121 Å². The lowest BCUT2D eigenvalue weighted by molar-refractivity contribution is -0.130. The number of hydrogen-bond acceptors (Lipinski definition) is 7. The molecule has 2 saturated heterocycles. The lowest BCUT2D eigenvalue weighted by Gasteiger charge is -2.34. The van der Waals surface area contributed by atoms with E-state index in [-0.39, 0.29) is 30.1 Å². The van der Waals surface area contributed by atoms with Crippen molar-refractivity contribution in [3.8, 4) is 6.07 Å². The number of nitriles is 1. The van der Waals surface area contributed by atoms with Gasteiger partial charge in [0.1, 0.15) is 6.04 Å². The second-order valence-electron chi connectivity index (χ2n) is 9.72. The third-order valence-corrected chi connectivity index (χ3v) is 6.98. The van der Waals surface area contributed by atoms with Crippen LogP contribution in [-0.4, -0.2) is 67.8 Å². The van der Waals surface area contributed by atoms with E-state index in [9.17, 15) is 19.6 Å². The van der Waals surface area contributed by atoms with Crippen LogP contribution in [0.5, 0.6) is 0 Å². The third-order valence-electron chi connectivity index (χ3n) is 6.98. The molecule has 2 aromatic heterocycles. The molecule has 2 atom stereocenters. The maximum Gasteiger partial charge on any atom is 0.332 e. The minimum atomic E-state index is -0.407. The minimum Gasteiger partial charge on any atom is -0.341 e. The molecule has 2 unspecified atom stereocenters. The van der Waals surface area contributed by atoms with Gasteiger partial charge in [-0.25, -0.2) is 4.79 Å².